The summed E-state index contributed by atoms with van der Waals surface area (Å²) >= 11 is 0. The summed E-state index contributed by atoms with van der Waals surface area (Å²) in [6.45, 7) is 4.81. The molecule has 2 aromatic carbocycles. The minimum Gasteiger partial charge on any atom is -0.328 e. The first-order chi connectivity index (χ1) is 21.9. The number of nitrogens with two attached hydrogens (primary N) is 2. The number of benzene rings is 2. The summed E-state index contributed by atoms with van der Waals surface area (Å²) in [5, 5.41) is 10.3. The monoisotopic (exact) mass is 628 g/mol. The van der Waals surface area contributed by atoms with Gasteiger partial charge in [0.2, 0.25) is 0 Å². The van der Waals surface area contributed by atoms with Crippen LogP contribution in [0.15, 0.2) is 60.9 Å². The fraction of sp³-hybridized carbons (Fsp3) is 0.250. The van der Waals surface area contributed by atoms with Crippen molar-refractivity contribution in [3.63, 3.8) is 0 Å². The summed E-state index contributed by atoms with van der Waals surface area (Å²) in [5.74, 6) is 18.6. The Labute approximate surface area is 263 Å². The van der Waals surface area contributed by atoms with Gasteiger partial charge in [-0.1, -0.05) is 24.0 Å². The largest absolute Gasteiger partial charge is 0.416 e. The molecule has 11 nitrogen and oxygen atoms in total. The Morgan fingerprint density at radius 1 is 0.978 bits per heavy atom. The third kappa shape index (κ3) is 7.34. The van der Waals surface area contributed by atoms with Crippen LogP contribution in [0.2, 0.25) is 0 Å². The molecule has 0 saturated carbocycles. The Balaban J connectivity index is 1.31. The lowest BCUT2D eigenvalue weighted by Crippen LogP contribution is -2.51. The van der Waals surface area contributed by atoms with Crippen LogP contribution in [0, 0.1) is 30.1 Å². The van der Waals surface area contributed by atoms with Crippen LogP contribution in [0.5, 0.6) is 0 Å². The maximum Gasteiger partial charge on any atom is 0.416 e. The molecule has 1 saturated heterocycles. The number of imidazole rings is 1. The number of amides is 2. The number of urea groups is 1. The molecule has 1 aliphatic rings. The van der Waals surface area contributed by atoms with Crippen LogP contribution in [0.3, 0.4) is 0 Å². The van der Waals surface area contributed by atoms with Crippen molar-refractivity contribution in [3.8, 4) is 29.4 Å². The second-order valence-corrected chi connectivity index (χ2v) is 10.9. The molecule has 14 heteroatoms. The number of carbonyl (C=O) groups is 1. The number of rotatable bonds is 5. The summed E-state index contributed by atoms with van der Waals surface area (Å²) in [6.07, 6.45) is -1.67. The number of hydrogen-bond acceptors (Lipinski definition) is 8. The van der Waals surface area contributed by atoms with Crippen LogP contribution in [-0.4, -0.2) is 64.0 Å². The minimum atomic E-state index is -4.65. The number of halogens is 3. The molecule has 0 radical (unpaired) electrons. The van der Waals surface area contributed by atoms with Gasteiger partial charge in [0.05, 0.1) is 23.1 Å². The van der Waals surface area contributed by atoms with E-state index in [9.17, 15) is 18.0 Å². The van der Waals surface area contributed by atoms with E-state index in [4.69, 9.17) is 16.9 Å². The molecule has 4 aromatic rings. The van der Waals surface area contributed by atoms with E-state index in [1.807, 2.05) is 24.9 Å². The smallest absolute Gasteiger partial charge is 0.328 e. The molecule has 0 atom stereocenters. The molecule has 3 heterocycles. The molecule has 0 spiro atoms. The zero-order valence-electron chi connectivity index (χ0n) is 25.1. The molecule has 1 aliphatic heterocycles. The van der Waals surface area contributed by atoms with E-state index in [1.165, 1.54) is 18.3 Å². The molecule has 0 bridgehead atoms. The predicted octanol–water partition coefficient (Wildman–Crippen LogP) is 4.00. The van der Waals surface area contributed by atoms with Gasteiger partial charge in [-0.25, -0.2) is 31.5 Å². The van der Waals surface area contributed by atoms with Gasteiger partial charge >= 0.3 is 12.2 Å². The van der Waals surface area contributed by atoms with Gasteiger partial charge < -0.3 is 9.88 Å². The predicted molar refractivity (Wildman–Crippen MR) is 167 cm³/mol. The molecule has 2 aromatic heterocycles. The number of anilines is 2. The molecule has 46 heavy (non-hydrogen) atoms. The zero-order valence-corrected chi connectivity index (χ0v) is 25.1. The van der Waals surface area contributed by atoms with Crippen molar-refractivity contribution in [2.75, 3.05) is 43.2 Å². The Morgan fingerprint density at radius 3 is 2.30 bits per heavy atom. The standard InChI is InChI=1S/C32H31F3N10O/c1-21-3-8-26(15-23(21)6-4-22-5-10-29(39-18-22)30-40-19-25(17-36)41-30)44(37)31(46)45(38)27-9-7-24(28(16-27)32(33,34)35)20-43-13-11-42(2)12-14-43/h3,5,7-10,15-16,18-19H,11-14,20,37-38H2,1-2H3,(H,40,41). The first-order valence-corrected chi connectivity index (χ1v) is 14.2. The number of nitrogens with zero attached hydrogens (tertiary/aromatic N) is 7. The summed E-state index contributed by atoms with van der Waals surface area (Å²) in [5.41, 5.74) is 2.15. The molecule has 1 fully saturated rings. The summed E-state index contributed by atoms with van der Waals surface area (Å²) < 4.78 is 42.3. The first kappa shape index (κ1) is 32.2. The van der Waals surface area contributed by atoms with E-state index < -0.39 is 17.8 Å². The van der Waals surface area contributed by atoms with Crippen molar-refractivity contribution >= 4 is 17.4 Å². The number of alkyl halides is 3. The van der Waals surface area contributed by atoms with E-state index in [0.717, 1.165) is 29.7 Å². The number of hydrogen-bond donors (Lipinski definition) is 3. The van der Waals surface area contributed by atoms with E-state index in [-0.39, 0.29) is 23.5 Å². The molecule has 0 unspecified atom stereocenters. The number of aromatic amines is 1. The van der Waals surface area contributed by atoms with Gasteiger partial charge in [-0.05, 0) is 61.5 Å². The zero-order chi connectivity index (χ0) is 33.0. The highest BCUT2D eigenvalue weighted by Crippen LogP contribution is 2.35. The van der Waals surface area contributed by atoms with Gasteiger partial charge in [0.1, 0.15) is 17.5 Å². The number of aryl methyl sites for hydroxylation is 1. The second kappa shape index (κ2) is 13.4. The van der Waals surface area contributed by atoms with Crippen LogP contribution in [-0.2, 0) is 12.7 Å². The number of carbonyl (C=O) groups excluding carboxylic acids is 1. The number of aromatic nitrogens is 3. The van der Waals surface area contributed by atoms with Crippen molar-refractivity contribution in [2.24, 2.45) is 11.7 Å². The molecule has 2 amide bonds. The average molecular weight is 629 g/mol. The van der Waals surface area contributed by atoms with Crippen molar-refractivity contribution in [2.45, 2.75) is 19.6 Å². The van der Waals surface area contributed by atoms with Gasteiger partial charge in [-0.15, -0.1) is 0 Å². The molecule has 5 N–H and O–H groups in total. The highest BCUT2D eigenvalue weighted by atomic mass is 19.4. The fourth-order valence-electron chi connectivity index (χ4n) is 4.85. The summed E-state index contributed by atoms with van der Waals surface area (Å²) in [6, 6.07) is 13.0. The number of H-pyrrole nitrogens is 1. The average Bonchev–Trinajstić information content (AvgIpc) is 3.54. The minimum absolute atomic E-state index is 0.104. The van der Waals surface area contributed by atoms with E-state index in [2.05, 4.69) is 31.7 Å². The number of nitrogens with one attached hydrogen (secondary N) is 1. The first-order valence-electron chi connectivity index (χ1n) is 14.2. The highest BCUT2D eigenvalue weighted by molar-refractivity contribution is 6.02. The topological polar surface area (TPSA) is 147 Å². The Bertz CT molecular complexity index is 1830. The third-order valence-electron chi connectivity index (χ3n) is 7.62. The molecular weight excluding hydrogens is 597 g/mol. The number of hydrazine groups is 2. The van der Waals surface area contributed by atoms with Crippen molar-refractivity contribution < 1.29 is 18.0 Å². The molecular formula is C32H31F3N10O. The Hall–Kier alpha value is -5.25. The normalized spacial score (nSPS) is 13.9. The Kier molecular flexibility index (Phi) is 9.36. The SMILES string of the molecule is Cc1ccc(N(N)C(=O)N(N)c2ccc(CN3CCN(C)CC3)c(C(F)(F)F)c2)cc1C#Cc1ccc(-c2ncc(C#N)[nH]2)nc1. The number of piperazine rings is 1. The van der Waals surface area contributed by atoms with Gasteiger partial charge in [0.25, 0.3) is 0 Å². The Morgan fingerprint density at radius 2 is 1.67 bits per heavy atom. The molecule has 236 valence electrons. The van der Waals surface area contributed by atoms with Gasteiger partial charge in [0, 0.05) is 50.0 Å². The number of pyridine rings is 1. The number of nitriles is 1. The van der Waals surface area contributed by atoms with Gasteiger partial charge in [-0.3, -0.25) is 9.88 Å². The van der Waals surface area contributed by atoms with Crippen LogP contribution < -0.4 is 21.7 Å². The molecule has 0 aliphatic carbocycles. The molecule has 5 rings (SSSR count). The third-order valence-corrected chi connectivity index (χ3v) is 7.62. The number of likely N-dealkylation sites (N-methyl/N-ethyl adjacent to an activating group) is 1. The summed E-state index contributed by atoms with van der Waals surface area (Å²) in [7, 11) is 1.97. The van der Waals surface area contributed by atoms with Gasteiger partial charge in [0.15, 0.2) is 5.82 Å². The van der Waals surface area contributed by atoms with Crippen LogP contribution in [0.1, 0.15) is 33.5 Å². The lowest BCUT2D eigenvalue weighted by atomic mass is 10.0. The van der Waals surface area contributed by atoms with Crippen LogP contribution >= 0.6 is 0 Å². The lowest BCUT2D eigenvalue weighted by Gasteiger charge is -2.33. The highest BCUT2D eigenvalue weighted by Gasteiger charge is 2.35. The van der Waals surface area contributed by atoms with Crippen molar-refractivity contribution in [1.29, 1.82) is 5.26 Å². The quantitative estimate of drug-likeness (QED) is 0.130. The summed E-state index contributed by atoms with van der Waals surface area (Å²) in [4.78, 5) is 28.6. The van der Waals surface area contributed by atoms with E-state index >= 15 is 0 Å². The van der Waals surface area contributed by atoms with Crippen LogP contribution in [0.25, 0.3) is 11.5 Å². The van der Waals surface area contributed by atoms with Crippen molar-refractivity contribution in [1.82, 2.24) is 24.8 Å². The fourth-order valence-corrected chi connectivity index (χ4v) is 4.85. The second-order valence-electron chi connectivity index (χ2n) is 10.9. The van der Waals surface area contributed by atoms with Gasteiger partial charge in [-0.2, -0.15) is 18.4 Å². The van der Waals surface area contributed by atoms with Crippen LogP contribution in [0.4, 0.5) is 29.3 Å². The maximum absolute atomic E-state index is 14.1. The van der Waals surface area contributed by atoms with Crippen molar-refractivity contribution in [3.05, 3.63) is 94.4 Å². The maximum atomic E-state index is 14.1. The van der Waals surface area contributed by atoms with E-state index in [1.54, 1.807) is 36.5 Å². The lowest BCUT2D eigenvalue weighted by molar-refractivity contribution is -0.138. The van der Waals surface area contributed by atoms with E-state index in [0.29, 0.717) is 46.4 Å².